The van der Waals surface area contributed by atoms with Crippen molar-refractivity contribution >= 4 is 23.5 Å². The number of anilines is 1. The molecule has 0 aliphatic carbocycles. The largest absolute Gasteiger partial charge is 0.292 e. The van der Waals surface area contributed by atoms with Crippen molar-refractivity contribution in [2.45, 2.75) is 0 Å². The summed E-state index contributed by atoms with van der Waals surface area (Å²) in [7, 11) is 1.72. The van der Waals surface area contributed by atoms with Gasteiger partial charge >= 0.3 is 0 Å². The lowest BCUT2D eigenvalue weighted by atomic mass is 10.2. The van der Waals surface area contributed by atoms with Crippen molar-refractivity contribution in [2.24, 2.45) is 5.10 Å². The molecule has 0 radical (unpaired) electrons. The highest BCUT2D eigenvalue weighted by Crippen LogP contribution is 2.20. The standard InChI is InChI=1S/C18H15ClN4O/c1-22(20-12-14-8-4-2-5-9-14)16-13-21-23(18(24)17(16)19)15-10-6-3-7-11-15/h2-13H,1H3/b20-12+. The van der Waals surface area contributed by atoms with Crippen molar-refractivity contribution in [3.8, 4) is 5.69 Å². The van der Waals surface area contributed by atoms with E-state index in [1.165, 1.54) is 15.9 Å². The van der Waals surface area contributed by atoms with Crippen LogP contribution in [0.15, 0.2) is 76.8 Å². The molecule has 1 aromatic heterocycles. The smallest absolute Gasteiger partial charge is 0.266 e. The van der Waals surface area contributed by atoms with E-state index in [0.717, 1.165) is 5.56 Å². The molecule has 5 nitrogen and oxygen atoms in total. The van der Waals surface area contributed by atoms with Crippen molar-refractivity contribution in [1.82, 2.24) is 9.78 Å². The Balaban J connectivity index is 1.91. The molecule has 0 aliphatic heterocycles. The van der Waals surface area contributed by atoms with Gasteiger partial charge < -0.3 is 0 Å². The number of hydrogen-bond donors (Lipinski definition) is 0. The number of benzene rings is 2. The fourth-order valence-corrected chi connectivity index (χ4v) is 2.41. The van der Waals surface area contributed by atoms with Gasteiger partial charge in [-0.25, -0.2) is 0 Å². The minimum atomic E-state index is -0.387. The molecule has 0 bridgehead atoms. The second kappa shape index (κ2) is 7.10. The molecule has 0 fully saturated rings. The molecule has 0 unspecified atom stereocenters. The summed E-state index contributed by atoms with van der Waals surface area (Å²) >= 11 is 6.24. The molecule has 24 heavy (non-hydrogen) atoms. The molecule has 0 atom stereocenters. The zero-order chi connectivity index (χ0) is 16.9. The van der Waals surface area contributed by atoms with E-state index in [9.17, 15) is 4.79 Å². The number of nitrogens with zero attached hydrogens (tertiary/aromatic N) is 4. The van der Waals surface area contributed by atoms with Crippen LogP contribution in [-0.2, 0) is 0 Å². The third-order valence-electron chi connectivity index (χ3n) is 3.43. The average molecular weight is 339 g/mol. The van der Waals surface area contributed by atoms with Gasteiger partial charge in [0, 0.05) is 7.05 Å². The van der Waals surface area contributed by atoms with E-state index >= 15 is 0 Å². The molecule has 6 heteroatoms. The van der Waals surface area contributed by atoms with Gasteiger partial charge in [0.1, 0.15) is 10.7 Å². The van der Waals surface area contributed by atoms with Gasteiger partial charge in [0.15, 0.2) is 0 Å². The van der Waals surface area contributed by atoms with Crippen LogP contribution in [0.5, 0.6) is 0 Å². The van der Waals surface area contributed by atoms with Crippen LogP contribution in [-0.4, -0.2) is 23.0 Å². The van der Waals surface area contributed by atoms with Crippen LogP contribution in [0.1, 0.15) is 5.56 Å². The third kappa shape index (κ3) is 3.36. The summed E-state index contributed by atoms with van der Waals surface area (Å²) < 4.78 is 1.26. The van der Waals surface area contributed by atoms with Gasteiger partial charge in [-0.3, -0.25) is 9.80 Å². The lowest BCUT2D eigenvalue weighted by Crippen LogP contribution is -2.24. The predicted molar refractivity (Wildman–Crippen MR) is 97.3 cm³/mol. The van der Waals surface area contributed by atoms with Gasteiger partial charge in [-0.15, -0.1) is 0 Å². The summed E-state index contributed by atoms with van der Waals surface area (Å²) in [6.45, 7) is 0. The second-order valence-electron chi connectivity index (χ2n) is 5.08. The van der Waals surface area contributed by atoms with E-state index < -0.39 is 0 Å². The molecule has 0 saturated carbocycles. The number of hydrogen-bond acceptors (Lipinski definition) is 4. The highest BCUT2D eigenvalue weighted by atomic mass is 35.5. The maximum absolute atomic E-state index is 12.5. The van der Waals surface area contributed by atoms with E-state index in [1.54, 1.807) is 25.4 Å². The molecule has 3 rings (SSSR count). The summed E-state index contributed by atoms with van der Waals surface area (Å²) in [6, 6.07) is 18.8. The molecular weight excluding hydrogens is 324 g/mol. The molecule has 0 aliphatic rings. The molecular formula is C18H15ClN4O. The first-order valence-electron chi connectivity index (χ1n) is 7.33. The molecule has 0 N–H and O–H groups in total. The van der Waals surface area contributed by atoms with E-state index in [1.807, 2.05) is 48.5 Å². The molecule has 3 aromatic rings. The van der Waals surface area contributed by atoms with Crippen LogP contribution in [0, 0.1) is 0 Å². The topological polar surface area (TPSA) is 50.5 Å². The fourth-order valence-electron chi connectivity index (χ4n) is 2.16. The minimum Gasteiger partial charge on any atom is -0.266 e. The van der Waals surface area contributed by atoms with Gasteiger partial charge in [-0.1, -0.05) is 60.1 Å². The highest BCUT2D eigenvalue weighted by Gasteiger charge is 2.13. The lowest BCUT2D eigenvalue weighted by molar-refractivity contribution is 0.800. The Bertz CT molecular complexity index is 907. The van der Waals surface area contributed by atoms with Crippen molar-refractivity contribution in [2.75, 3.05) is 12.1 Å². The predicted octanol–water partition coefficient (Wildman–Crippen LogP) is 3.36. The maximum atomic E-state index is 12.5. The maximum Gasteiger partial charge on any atom is 0.292 e. The molecule has 0 amide bonds. The second-order valence-corrected chi connectivity index (χ2v) is 5.45. The summed E-state index contributed by atoms with van der Waals surface area (Å²) in [5.74, 6) is 0. The SMILES string of the molecule is CN(/N=C/c1ccccc1)c1cnn(-c2ccccc2)c(=O)c1Cl. The molecule has 0 spiro atoms. The van der Waals surface area contributed by atoms with Crippen LogP contribution in [0.25, 0.3) is 5.69 Å². The number of para-hydroxylation sites is 1. The first-order valence-corrected chi connectivity index (χ1v) is 7.70. The van der Waals surface area contributed by atoms with Crippen molar-refractivity contribution in [1.29, 1.82) is 0 Å². The molecule has 2 aromatic carbocycles. The van der Waals surface area contributed by atoms with Crippen LogP contribution in [0.4, 0.5) is 5.69 Å². The first kappa shape index (κ1) is 16.0. The van der Waals surface area contributed by atoms with Crippen LogP contribution < -0.4 is 10.6 Å². The Labute approximate surface area is 144 Å². The van der Waals surface area contributed by atoms with Gasteiger partial charge in [-0.05, 0) is 17.7 Å². The monoisotopic (exact) mass is 338 g/mol. The number of rotatable bonds is 4. The van der Waals surface area contributed by atoms with Crippen LogP contribution in [0.3, 0.4) is 0 Å². The Morgan fingerprint density at radius 2 is 1.71 bits per heavy atom. The fraction of sp³-hybridized carbons (Fsp3) is 0.0556. The molecule has 1 heterocycles. The normalized spacial score (nSPS) is 10.9. The Hall–Kier alpha value is -2.92. The van der Waals surface area contributed by atoms with Crippen molar-refractivity contribution in [3.05, 3.63) is 87.8 Å². The van der Waals surface area contributed by atoms with Crippen LogP contribution in [0.2, 0.25) is 5.02 Å². The van der Waals surface area contributed by atoms with E-state index in [-0.39, 0.29) is 10.6 Å². The number of hydrazone groups is 1. The quantitative estimate of drug-likeness (QED) is 0.541. The van der Waals surface area contributed by atoms with E-state index in [0.29, 0.717) is 11.4 Å². The van der Waals surface area contributed by atoms with Gasteiger partial charge in [0.05, 0.1) is 18.1 Å². The van der Waals surface area contributed by atoms with E-state index in [2.05, 4.69) is 10.2 Å². The van der Waals surface area contributed by atoms with Gasteiger partial charge in [0.25, 0.3) is 5.56 Å². The third-order valence-corrected chi connectivity index (χ3v) is 3.78. The number of halogens is 1. The summed E-state index contributed by atoms with van der Waals surface area (Å²) in [5.41, 5.74) is 1.67. The van der Waals surface area contributed by atoms with Gasteiger partial charge in [-0.2, -0.15) is 14.9 Å². The van der Waals surface area contributed by atoms with Gasteiger partial charge in [0.2, 0.25) is 0 Å². The molecule has 0 saturated heterocycles. The average Bonchev–Trinajstić information content (AvgIpc) is 2.63. The highest BCUT2D eigenvalue weighted by molar-refractivity contribution is 6.33. The zero-order valence-electron chi connectivity index (χ0n) is 13.0. The minimum absolute atomic E-state index is 0.0709. The Morgan fingerprint density at radius 3 is 2.38 bits per heavy atom. The summed E-state index contributed by atoms with van der Waals surface area (Å²) in [4.78, 5) is 12.5. The molecule has 120 valence electrons. The van der Waals surface area contributed by atoms with Crippen molar-refractivity contribution < 1.29 is 0 Å². The first-order chi connectivity index (χ1) is 11.7. The zero-order valence-corrected chi connectivity index (χ0v) is 13.8. The Morgan fingerprint density at radius 1 is 1.08 bits per heavy atom. The van der Waals surface area contributed by atoms with E-state index in [4.69, 9.17) is 11.6 Å². The summed E-state index contributed by atoms with van der Waals surface area (Å²) in [6.07, 6.45) is 3.22. The number of aromatic nitrogens is 2. The summed E-state index contributed by atoms with van der Waals surface area (Å²) in [5, 5.41) is 10.1. The van der Waals surface area contributed by atoms with Crippen molar-refractivity contribution in [3.63, 3.8) is 0 Å². The Kier molecular flexibility index (Phi) is 4.72. The van der Waals surface area contributed by atoms with Crippen LogP contribution >= 0.6 is 11.6 Å². The lowest BCUT2D eigenvalue weighted by Gasteiger charge is -2.15.